The van der Waals surface area contributed by atoms with Crippen LogP contribution in [0.1, 0.15) is 23.6 Å². The minimum atomic E-state index is -0.487. The fourth-order valence-electron chi connectivity index (χ4n) is 2.61. The van der Waals surface area contributed by atoms with Crippen LogP contribution in [0, 0.1) is 10.1 Å². The number of aromatic nitrogens is 1. The standard InChI is InChI=1S/C16H18N4O4S/c21-15(10-24-13-3-1-12(2-4-13)20(22)23)19-16-18-9-14(25-16)11-5-7-17-8-6-11/h1-4,9,11,17H,5-8,10H2,(H,18,19,21). The molecule has 1 aromatic heterocycles. The first-order chi connectivity index (χ1) is 12.1. The van der Waals surface area contributed by atoms with Crippen molar-refractivity contribution in [3.63, 3.8) is 0 Å². The summed E-state index contributed by atoms with van der Waals surface area (Å²) in [7, 11) is 0. The molecule has 2 heterocycles. The van der Waals surface area contributed by atoms with Crippen molar-refractivity contribution >= 4 is 28.1 Å². The molecule has 8 nitrogen and oxygen atoms in total. The van der Waals surface area contributed by atoms with Gasteiger partial charge in [0, 0.05) is 23.2 Å². The Morgan fingerprint density at radius 2 is 2.08 bits per heavy atom. The molecule has 1 aromatic carbocycles. The minimum absolute atomic E-state index is 0.0231. The van der Waals surface area contributed by atoms with E-state index in [0.717, 1.165) is 25.9 Å². The summed E-state index contributed by atoms with van der Waals surface area (Å²) in [5.41, 5.74) is -0.0231. The van der Waals surface area contributed by atoms with Gasteiger partial charge < -0.3 is 10.1 Å². The molecule has 132 valence electrons. The highest BCUT2D eigenvalue weighted by Crippen LogP contribution is 2.31. The van der Waals surface area contributed by atoms with Gasteiger partial charge in [0.1, 0.15) is 5.75 Å². The number of ether oxygens (including phenoxy) is 1. The summed E-state index contributed by atoms with van der Waals surface area (Å²) in [4.78, 5) is 27.5. The molecule has 1 fully saturated rings. The maximum atomic E-state index is 12.0. The van der Waals surface area contributed by atoms with Gasteiger partial charge in [0.05, 0.1) is 4.92 Å². The summed E-state index contributed by atoms with van der Waals surface area (Å²) in [5.74, 6) is 0.584. The summed E-state index contributed by atoms with van der Waals surface area (Å²) >= 11 is 1.49. The summed E-state index contributed by atoms with van der Waals surface area (Å²) in [6, 6.07) is 5.59. The van der Waals surface area contributed by atoms with Gasteiger partial charge in [-0.1, -0.05) is 0 Å². The first-order valence-corrected chi connectivity index (χ1v) is 8.77. The zero-order valence-electron chi connectivity index (χ0n) is 13.4. The topological polar surface area (TPSA) is 106 Å². The molecular formula is C16H18N4O4S. The molecular weight excluding hydrogens is 344 g/mol. The van der Waals surface area contributed by atoms with Gasteiger partial charge in [-0.25, -0.2) is 4.98 Å². The predicted octanol–water partition coefficient (Wildman–Crippen LogP) is 2.54. The summed E-state index contributed by atoms with van der Waals surface area (Å²) in [6.07, 6.45) is 3.99. The van der Waals surface area contributed by atoms with Crippen LogP contribution in [-0.4, -0.2) is 35.5 Å². The van der Waals surface area contributed by atoms with Crippen LogP contribution < -0.4 is 15.4 Å². The van der Waals surface area contributed by atoms with Gasteiger partial charge in [-0.3, -0.25) is 20.2 Å². The van der Waals surface area contributed by atoms with Crippen molar-refractivity contribution in [3.05, 3.63) is 45.5 Å². The van der Waals surface area contributed by atoms with Crippen LogP contribution in [0.2, 0.25) is 0 Å². The number of hydrogen-bond acceptors (Lipinski definition) is 7. The molecule has 1 saturated heterocycles. The van der Waals surface area contributed by atoms with E-state index in [1.54, 1.807) is 0 Å². The first-order valence-electron chi connectivity index (χ1n) is 7.95. The lowest BCUT2D eigenvalue weighted by Crippen LogP contribution is -2.26. The van der Waals surface area contributed by atoms with Crippen molar-refractivity contribution in [2.75, 3.05) is 25.0 Å². The van der Waals surface area contributed by atoms with E-state index in [2.05, 4.69) is 15.6 Å². The Morgan fingerprint density at radius 3 is 2.76 bits per heavy atom. The van der Waals surface area contributed by atoms with Crippen LogP contribution >= 0.6 is 11.3 Å². The quantitative estimate of drug-likeness (QED) is 0.604. The van der Waals surface area contributed by atoms with Crippen LogP contribution in [0.3, 0.4) is 0 Å². The first kappa shape index (κ1) is 17.3. The van der Waals surface area contributed by atoms with Crippen LogP contribution in [0.4, 0.5) is 10.8 Å². The third-order valence-electron chi connectivity index (χ3n) is 3.93. The number of nitrogens with zero attached hydrogens (tertiary/aromatic N) is 2. The number of nitro groups is 1. The molecule has 0 atom stereocenters. The monoisotopic (exact) mass is 362 g/mol. The molecule has 2 aromatic rings. The van der Waals surface area contributed by atoms with Gasteiger partial charge in [0.2, 0.25) is 0 Å². The average Bonchev–Trinajstić information content (AvgIpc) is 3.09. The molecule has 2 N–H and O–H groups in total. The van der Waals surface area contributed by atoms with Gasteiger partial charge in [0.15, 0.2) is 11.7 Å². The number of benzene rings is 1. The number of carbonyl (C=O) groups is 1. The highest BCUT2D eigenvalue weighted by Gasteiger charge is 2.18. The van der Waals surface area contributed by atoms with Gasteiger partial charge in [-0.05, 0) is 44.0 Å². The Bertz CT molecular complexity index is 741. The number of carbonyl (C=O) groups excluding carboxylic acids is 1. The van der Waals surface area contributed by atoms with Crippen molar-refractivity contribution in [2.24, 2.45) is 0 Å². The Hall–Kier alpha value is -2.52. The van der Waals surface area contributed by atoms with Crippen LogP contribution in [0.15, 0.2) is 30.5 Å². The molecule has 1 aliphatic heterocycles. The number of anilines is 1. The van der Waals surface area contributed by atoms with E-state index < -0.39 is 4.92 Å². The number of piperidine rings is 1. The van der Waals surface area contributed by atoms with E-state index in [0.29, 0.717) is 16.8 Å². The molecule has 3 rings (SSSR count). The number of rotatable bonds is 6. The maximum Gasteiger partial charge on any atom is 0.269 e. The second kappa shape index (κ2) is 8.04. The summed E-state index contributed by atoms with van der Waals surface area (Å²) < 4.78 is 5.33. The fraction of sp³-hybridized carbons (Fsp3) is 0.375. The van der Waals surface area contributed by atoms with Crippen molar-refractivity contribution in [3.8, 4) is 5.75 Å². The maximum absolute atomic E-state index is 12.0. The molecule has 0 spiro atoms. The van der Waals surface area contributed by atoms with E-state index in [1.165, 1.54) is 40.5 Å². The van der Waals surface area contributed by atoms with Crippen molar-refractivity contribution in [2.45, 2.75) is 18.8 Å². The second-order valence-electron chi connectivity index (χ2n) is 5.68. The molecule has 25 heavy (non-hydrogen) atoms. The molecule has 0 radical (unpaired) electrons. The second-order valence-corrected chi connectivity index (χ2v) is 6.74. The smallest absolute Gasteiger partial charge is 0.269 e. The summed E-state index contributed by atoms with van der Waals surface area (Å²) in [5, 5.41) is 17.2. The van der Waals surface area contributed by atoms with E-state index in [1.807, 2.05) is 6.20 Å². The zero-order chi connectivity index (χ0) is 17.6. The normalized spacial score (nSPS) is 14.9. The number of thiazole rings is 1. The van der Waals surface area contributed by atoms with Crippen LogP contribution in [0.25, 0.3) is 0 Å². The molecule has 0 aliphatic carbocycles. The van der Waals surface area contributed by atoms with E-state index in [9.17, 15) is 14.9 Å². The average molecular weight is 362 g/mol. The van der Waals surface area contributed by atoms with Crippen LogP contribution in [-0.2, 0) is 4.79 Å². The van der Waals surface area contributed by atoms with Crippen molar-refractivity contribution in [1.82, 2.24) is 10.3 Å². The molecule has 0 bridgehead atoms. The number of hydrogen-bond donors (Lipinski definition) is 2. The SMILES string of the molecule is O=C(COc1ccc([N+](=O)[O-])cc1)Nc1ncc(C2CCNCC2)s1. The highest BCUT2D eigenvalue weighted by atomic mass is 32.1. The molecule has 1 amide bonds. The lowest BCUT2D eigenvalue weighted by molar-refractivity contribution is -0.384. The zero-order valence-corrected chi connectivity index (χ0v) is 14.3. The van der Waals surface area contributed by atoms with Gasteiger partial charge >= 0.3 is 0 Å². The Kier molecular flexibility index (Phi) is 5.56. The third-order valence-corrected chi connectivity index (χ3v) is 5.00. The molecule has 0 saturated carbocycles. The van der Waals surface area contributed by atoms with Crippen molar-refractivity contribution < 1.29 is 14.5 Å². The van der Waals surface area contributed by atoms with E-state index in [4.69, 9.17) is 4.74 Å². The number of nitrogens with one attached hydrogen (secondary N) is 2. The lowest BCUT2D eigenvalue weighted by atomic mass is 9.97. The minimum Gasteiger partial charge on any atom is -0.484 e. The number of non-ortho nitro benzene ring substituents is 1. The molecule has 1 aliphatic rings. The highest BCUT2D eigenvalue weighted by molar-refractivity contribution is 7.15. The van der Waals surface area contributed by atoms with Crippen molar-refractivity contribution in [1.29, 1.82) is 0 Å². The fourth-order valence-corrected chi connectivity index (χ4v) is 3.61. The van der Waals surface area contributed by atoms with Gasteiger partial charge in [0.25, 0.3) is 11.6 Å². The Balaban J connectivity index is 1.49. The Morgan fingerprint density at radius 1 is 1.36 bits per heavy atom. The predicted molar refractivity (Wildman–Crippen MR) is 94.2 cm³/mol. The largest absolute Gasteiger partial charge is 0.484 e. The van der Waals surface area contributed by atoms with E-state index >= 15 is 0 Å². The van der Waals surface area contributed by atoms with E-state index in [-0.39, 0.29) is 18.2 Å². The number of amides is 1. The number of nitro benzene ring substituents is 1. The third kappa shape index (κ3) is 4.74. The Labute approximate surface area is 148 Å². The van der Waals surface area contributed by atoms with Gasteiger partial charge in [-0.2, -0.15) is 0 Å². The molecule has 0 unspecified atom stereocenters. The lowest BCUT2D eigenvalue weighted by Gasteiger charge is -2.20. The summed E-state index contributed by atoms with van der Waals surface area (Å²) in [6.45, 7) is 1.83. The molecule has 9 heteroatoms. The van der Waals surface area contributed by atoms with Crippen LogP contribution in [0.5, 0.6) is 5.75 Å². The van der Waals surface area contributed by atoms with Gasteiger partial charge in [-0.15, -0.1) is 11.3 Å².